The van der Waals surface area contributed by atoms with Crippen LogP contribution in [0, 0.1) is 6.92 Å². The molecule has 41 heavy (non-hydrogen) atoms. The molecule has 220 valence electrons. The first-order chi connectivity index (χ1) is 19.4. The number of methoxy groups -OCH3 is 1. The third-order valence-corrected chi connectivity index (χ3v) is 9.14. The molecule has 0 aliphatic rings. The first-order valence-electron chi connectivity index (χ1n) is 13.1. The van der Waals surface area contributed by atoms with Crippen LogP contribution in [0.4, 0.5) is 5.69 Å². The van der Waals surface area contributed by atoms with E-state index in [0.717, 1.165) is 9.87 Å². The number of hydrogen-bond acceptors (Lipinski definition) is 5. The molecule has 11 heteroatoms. The highest BCUT2D eigenvalue weighted by molar-refractivity contribution is 7.92. The normalized spacial score (nSPS) is 12.8. The van der Waals surface area contributed by atoms with Gasteiger partial charge in [-0.05, 0) is 69.2 Å². The molecule has 1 N–H and O–H groups in total. The number of nitrogens with zero attached hydrogens (tertiary/aromatic N) is 2. The summed E-state index contributed by atoms with van der Waals surface area (Å²) in [4.78, 5) is 28.6. The Morgan fingerprint density at radius 3 is 2.27 bits per heavy atom. The van der Waals surface area contributed by atoms with E-state index in [0.29, 0.717) is 17.0 Å². The molecule has 2 amide bonds. The van der Waals surface area contributed by atoms with Gasteiger partial charge in [-0.25, -0.2) is 8.42 Å². The number of carbonyl (C=O) groups is 2. The fraction of sp³-hybridized carbons (Fsp3) is 0.333. The molecule has 0 aromatic heterocycles. The Kier molecular flexibility index (Phi) is 11.1. The number of halogens is 2. The highest BCUT2D eigenvalue weighted by Gasteiger charge is 2.34. The van der Waals surface area contributed by atoms with Crippen LogP contribution in [-0.2, 0) is 26.2 Å². The van der Waals surface area contributed by atoms with Crippen molar-refractivity contribution < 1.29 is 22.7 Å². The van der Waals surface area contributed by atoms with Crippen LogP contribution in [0.15, 0.2) is 71.6 Å². The van der Waals surface area contributed by atoms with E-state index in [1.807, 2.05) is 20.8 Å². The predicted octanol–water partition coefficient (Wildman–Crippen LogP) is 5.84. The molecule has 0 unspecified atom stereocenters. The lowest BCUT2D eigenvalue weighted by molar-refractivity contribution is -0.139. The first kappa shape index (κ1) is 32.2. The lowest BCUT2D eigenvalue weighted by Crippen LogP contribution is -2.52. The number of sulfonamides is 1. The van der Waals surface area contributed by atoms with Gasteiger partial charge in [0.2, 0.25) is 11.8 Å². The number of ether oxygens (including phenoxy) is 1. The molecule has 0 aliphatic heterocycles. The van der Waals surface area contributed by atoms with Crippen LogP contribution in [0.1, 0.15) is 38.3 Å². The SMILES string of the molecule is CC[C@@H](C)NC(=O)[C@@H](C)N(Cc1ccccc1Cl)C(=O)CN(c1cc(Cl)ccc1OC)S(=O)(=O)c1ccc(C)cc1. The summed E-state index contributed by atoms with van der Waals surface area (Å²) < 4.78 is 34.5. The quantitative estimate of drug-likeness (QED) is 0.275. The molecule has 0 radical (unpaired) electrons. The zero-order valence-corrected chi connectivity index (χ0v) is 26.1. The summed E-state index contributed by atoms with van der Waals surface area (Å²) in [5, 5.41) is 3.58. The third kappa shape index (κ3) is 7.93. The van der Waals surface area contributed by atoms with Crippen molar-refractivity contribution in [3.63, 3.8) is 0 Å². The van der Waals surface area contributed by atoms with E-state index in [-0.39, 0.29) is 39.8 Å². The van der Waals surface area contributed by atoms with Crippen LogP contribution in [0.25, 0.3) is 0 Å². The van der Waals surface area contributed by atoms with Crippen LogP contribution in [0.5, 0.6) is 5.75 Å². The first-order valence-corrected chi connectivity index (χ1v) is 15.3. The minimum atomic E-state index is -4.28. The maximum atomic E-state index is 14.1. The van der Waals surface area contributed by atoms with Gasteiger partial charge in [0.25, 0.3) is 10.0 Å². The maximum absolute atomic E-state index is 14.1. The van der Waals surface area contributed by atoms with Gasteiger partial charge in [-0.3, -0.25) is 13.9 Å². The zero-order chi connectivity index (χ0) is 30.3. The summed E-state index contributed by atoms with van der Waals surface area (Å²) >= 11 is 12.7. The molecular weight excluding hydrogens is 585 g/mol. The van der Waals surface area contributed by atoms with Crippen LogP contribution in [0.3, 0.4) is 0 Å². The van der Waals surface area contributed by atoms with E-state index in [9.17, 15) is 18.0 Å². The lowest BCUT2D eigenvalue weighted by atomic mass is 10.1. The highest BCUT2D eigenvalue weighted by Crippen LogP contribution is 2.35. The molecule has 0 saturated heterocycles. The fourth-order valence-corrected chi connectivity index (χ4v) is 5.85. The lowest BCUT2D eigenvalue weighted by Gasteiger charge is -2.33. The summed E-state index contributed by atoms with van der Waals surface area (Å²) in [5.74, 6) is -0.777. The Balaban J connectivity index is 2.11. The number of amides is 2. The summed E-state index contributed by atoms with van der Waals surface area (Å²) in [6.07, 6.45) is 0.702. The zero-order valence-electron chi connectivity index (χ0n) is 23.7. The molecular formula is C30H35Cl2N3O5S. The van der Waals surface area contributed by atoms with E-state index in [4.69, 9.17) is 27.9 Å². The summed E-state index contributed by atoms with van der Waals surface area (Å²) in [5.41, 5.74) is 1.57. The van der Waals surface area contributed by atoms with Crippen molar-refractivity contribution >= 4 is 50.7 Å². The van der Waals surface area contributed by atoms with Gasteiger partial charge in [-0.1, -0.05) is 66.0 Å². The molecule has 3 rings (SSSR count). The topological polar surface area (TPSA) is 96.0 Å². The van der Waals surface area contributed by atoms with Crippen molar-refractivity contribution in [2.45, 2.75) is 57.6 Å². The second-order valence-electron chi connectivity index (χ2n) is 9.75. The van der Waals surface area contributed by atoms with Crippen molar-refractivity contribution in [2.24, 2.45) is 0 Å². The Labute approximate surface area is 252 Å². The minimum absolute atomic E-state index is 0.0152. The van der Waals surface area contributed by atoms with E-state index in [2.05, 4.69) is 5.32 Å². The molecule has 0 heterocycles. The number of rotatable bonds is 12. The number of anilines is 1. The molecule has 3 aromatic carbocycles. The minimum Gasteiger partial charge on any atom is -0.495 e. The second kappa shape index (κ2) is 14.1. The molecule has 8 nitrogen and oxygen atoms in total. The van der Waals surface area contributed by atoms with Crippen molar-refractivity contribution in [1.82, 2.24) is 10.2 Å². The summed E-state index contributed by atoms with van der Waals surface area (Å²) in [7, 11) is -2.88. The number of hydrogen-bond donors (Lipinski definition) is 1. The van der Waals surface area contributed by atoms with E-state index in [1.165, 1.54) is 36.3 Å². The van der Waals surface area contributed by atoms with Crippen molar-refractivity contribution in [1.29, 1.82) is 0 Å². The number of benzene rings is 3. The molecule has 0 fully saturated rings. The Bertz CT molecular complexity index is 1480. The molecule has 0 bridgehead atoms. The maximum Gasteiger partial charge on any atom is 0.264 e. The number of carbonyl (C=O) groups excluding carboxylic acids is 2. The van der Waals surface area contributed by atoms with Gasteiger partial charge in [0.1, 0.15) is 18.3 Å². The van der Waals surface area contributed by atoms with Gasteiger partial charge in [0.15, 0.2) is 0 Å². The number of nitrogens with one attached hydrogen (secondary N) is 1. The largest absolute Gasteiger partial charge is 0.495 e. The van der Waals surface area contributed by atoms with Crippen molar-refractivity contribution in [3.8, 4) is 5.75 Å². The van der Waals surface area contributed by atoms with Gasteiger partial charge < -0.3 is 15.0 Å². The third-order valence-electron chi connectivity index (χ3n) is 6.76. The molecule has 0 spiro atoms. The van der Waals surface area contributed by atoms with Crippen molar-refractivity contribution in [3.05, 3.63) is 87.9 Å². The second-order valence-corrected chi connectivity index (χ2v) is 12.5. The van der Waals surface area contributed by atoms with E-state index < -0.39 is 28.5 Å². The summed E-state index contributed by atoms with van der Waals surface area (Å²) in [6.45, 7) is 6.61. The Morgan fingerprint density at radius 2 is 1.66 bits per heavy atom. The summed E-state index contributed by atoms with van der Waals surface area (Å²) in [6, 6.07) is 16.8. The average Bonchev–Trinajstić information content (AvgIpc) is 2.95. The van der Waals surface area contributed by atoms with Crippen LogP contribution in [0.2, 0.25) is 10.0 Å². The molecule has 3 aromatic rings. The average molecular weight is 621 g/mol. The Morgan fingerprint density at radius 1 is 1.00 bits per heavy atom. The van der Waals surface area contributed by atoms with Gasteiger partial charge in [-0.2, -0.15) is 0 Å². The predicted molar refractivity (Wildman–Crippen MR) is 163 cm³/mol. The smallest absolute Gasteiger partial charge is 0.264 e. The fourth-order valence-electron chi connectivity index (χ4n) is 4.07. The molecule has 0 saturated carbocycles. The van der Waals surface area contributed by atoms with Crippen LogP contribution >= 0.6 is 23.2 Å². The van der Waals surface area contributed by atoms with Gasteiger partial charge in [0.05, 0.1) is 17.7 Å². The van der Waals surface area contributed by atoms with E-state index in [1.54, 1.807) is 49.4 Å². The van der Waals surface area contributed by atoms with Gasteiger partial charge >= 0.3 is 0 Å². The van der Waals surface area contributed by atoms with Gasteiger partial charge in [-0.15, -0.1) is 0 Å². The van der Waals surface area contributed by atoms with Crippen LogP contribution < -0.4 is 14.4 Å². The number of aryl methyl sites for hydroxylation is 1. The van der Waals surface area contributed by atoms with Crippen LogP contribution in [-0.4, -0.2) is 50.9 Å². The molecule has 2 atom stereocenters. The monoisotopic (exact) mass is 619 g/mol. The molecule has 0 aliphatic carbocycles. The van der Waals surface area contributed by atoms with E-state index >= 15 is 0 Å². The highest BCUT2D eigenvalue weighted by atomic mass is 35.5. The standard InChI is InChI=1S/C30H35Cl2N3O5S/c1-6-21(3)33-30(37)22(4)34(18-23-9-7-8-10-26(23)32)29(36)19-35(27-17-24(31)13-16-28(27)40-5)41(38,39)25-14-11-20(2)12-15-25/h7-17,21-22H,6,18-19H2,1-5H3,(H,33,37)/t21-,22-/m1/s1. The van der Waals surface area contributed by atoms with Crippen molar-refractivity contribution in [2.75, 3.05) is 18.0 Å². The Hall–Kier alpha value is -3.27. The van der Waals surface area contributed by atoms with Gasteiger partial charge in [0, 0.05) is 22.6 Å².